The van der Waals surface area contributed by atoms with Gasteiger partial charge in [0.25, 0.3) is 0 Å². The molecule has 7 heteroatoms. The number of anilines is 1. The van der Waals surface area contributed by atoms with Crippen LogP contribution in [0.4, 0.5) is 5.69 Å². The maximum atomic E-state index is 12.5. The summed E-state index contributed by atoms with van der Waals surface area (Å²) in [6.45, 7) is 5.53. The van der Waals surface area contributed by atoms with Crippen LogP contribution >= 0.6 is 11.8 Å². The van der Waals surface area contributed by atoms with E-state index in [4.69, 9.17) is 0 Å². The topological polar surface area (TPSA) is 64.7 Å². The monoisotopic (exact) mass is 350 g/mol. The minimum atomic E-state index is -0.193. The highest BCUT2D eigenvalue weighted by molar-refractivity contribution is 7.98. The van der Waals surface area contributed by atoms with Gasteiger partial charge in [0.15, 0.2) is 0 Å². The minimum Gasteiger partial charge on any atom is -0.358 e. The highest BCUT2D eigenvalue weighted by Gasteiger charge is 2.26. The molecular formula is C17H26N4O2S. The Hall–Kier alpha value is -1.57. The Balaban J connectivity index is 1.87. The van der Waals surface area contributed by atoms with Crippen molar-refractivity contribution in [3.05, 3.63) is 24.3 Å². The molecule has 1 aliphatic rings. The van der Waals surface area contributed by atoms with Gasteiger partial charge in [-0.2, -0.15) is 0 Å². The molecule has 1 fully saturated rings. The largest absolute Gasteiger partial charge is 0.358 e. The summed E-state index contributed by atoms with van der Waals surface area (Å²) in [5, 5.41) is 5.67. The molecular weight excluding hydrogens is 324 g/mol. The highest BCUT2D eigenvalue weighted by atomic mass is 32.2. The van der Waals surface area contributed by atoms with E-state index in [-0.39, 0.29) is 17.9 Å². The van der Waals surface area contributed by atoms with Crippen molar-refractivity contribution in [1.29, 1.82) is 0 Å². The molecule has 0 unspecified atom stereocenters. The van der Waals surface area contributed by atoms with Crippen molar-refractivity contribution < 1.29 is 9.59 Å². The average Bonchev–Trinajstić information content (AvgIpc) is 2.62. The van der Waals surface area contributed by atoms with Crippen LogP contribution in [0.5, 0.6) is 0 Å². The van der Waals surface area contributed by atoms with Gasteiger partial charge >= 0.3 is 0 Å². The molecule has 0 spiro atoms. The van der Waals surface area contributed by atoms with Crippen molar-refractivity contribution in [3.63, 3.8) is 0 Å². The molecule has 0 bridgehead atoms. The second kappa shape index (κ2) is 9.05. The Morgan fingerprint density at radius 3 is 2.50 bits per heavy atom. The van der Waals surface area contributed by atoms with Gasteiger partial charge in [-0.3, -0.25) is 19.4 Å². The van der Waals surface area contributed by atoms with Crippen LogP contribution in [0.25, 0.3) is 0 Å². The molecule has 0 radical (unpaired) electrons. The third-order valence-corrected chi connectivity index (χ3v) is 5.14. The van der Waals surface area contributed by atoms with Gasteiger partial charge in [0, 0.05) is 38.1 Å². The lowest BCUT2D eigenvalue weighted by atomic mass is 10.2. The fourth-order valence-electron chi connectivity index (χ4n) is 2.74. The second-order valence-corrected chi connectivity index (χ2v) is 6.70. The van der Waals surface area contributed by atoms with Crippen molar-refractivity contribution in [2.75, 3.05) is 51.3 Å². The van der Waals surface area contributed by atoms with E-state index >= 15 is 0 Å². The van der Waals surface area contributed by atoms with Gasteiger partial charge in [0.2, 0.25) is 11.8 Å². The quantitative estimate of drug-likeness (QED) is 0.752. The van der Waals surface area contributed by atoms with E-state index in [1.165, 1.54) is 0 Å². The van der Waals surface area contributed by atoms with E-state index in [0.717, 1.165) is 36.8 Å². The van der Waals surface area contributed by atoms with Gasteiger partial charge in [-0.15, -0.1) is 11.8 Å². The molecule has 0 saturated carbocycles. The van der Waals surface area contributed by atoms with Crippen LogP contribution in [0.2, 0.25) is 0 Å². The van der Waals surface area contributed by atoms with E-state index in [0.29, 0.717) is 6.54 Å². The zero-order valence-corrected chi connectivity index (χ0v) is 15.4. The molecule has 1 aromatic carbocycles. The van der Waals surface area contributed by atoms with Crippen molar-refractivity contribution in [2.24, 2.45) is 0 Å². The SMILES string of the molecule is CNC(=O)CN1CCN([C@H](C)C(=O)Nc2ccccc2SC)CC1. The summed E-state index contributed by atoms with van der Waals surface area (Å²) in [5.41, 5.74) is 0.861. The van der Waals surface area contributed by atoms with Gasteiger partial charge in [-0.1, -0.05) is 12.1 Å². The second-order valence-electron chi connectivity index (χ2n) is 5.85. The fraction of sp³-hybridized carbons (Fsp3) is 0.529. The number of carbonyl (C=O) groups excluding carboxylic acids is 2. The Labute approximate surface area is 148 Å². The number of likely N-dealkylation sites (N-methyl/N-ethyl adjacent to an activating group) is 1. The maximum Gasteiger partial charge on any atom is 0.241 e. The standard InChI is InChI=1S/C17H26N4O2S/c1-13(17(23)19-14-6-4-5-7-15(14)24-3)21-10-8-20(9-11-21)12-16(22)18-2/h4-7,13H,8-12H2,1-3H3,(H,18,22)(H,19,23)/t13-/m1/s1. The summed E-state index contributed by atoms with van der Waals surface area (Å²) in [5.74, 6) is 0.0409. The number of thioether (sulfide) groups is 1. The van der Waals surface area contributed by atoms with Crippen molar-refractivity contribution in [1.82, 2.24) is 15.1 Å². The molecule has 2 amide bonds. The maximum absolute atomic E-state index is 12.5. The third-order valence-electron chi connectivity index (χ3n) is 4.34. The highest BCUT2D eigenvalue weighted by Crippen LogP contribution is 2.25. The van der Waals surface area contributed by atoms with Crippen LogP contribution in [0, 0.1) is 0 Å². The van der Waals surface area contributed by atoms with Gasteiger partial charge in [-0.25, -0.2) is 0 Å². The molecule has 1 aromatic rings. The van der Waals surface area contributed by atoms with Crippen LogP contribution in [0.3, 0.4) is 0 Å². The zero-order chi connectivity index (χ0) is 17.5. The average molecular weight is 350 g/mol. The number of hydrogen-bond donors (Lipinski definition) is 2. The Kier molecular flexibility index (Phi) is 7.08. The van der Waals surface area contributed by atoms with Gasteiger partial charge in [0.05, 0.1) is 18.3 Å². The number of amides is 2. The number of hydrogen-bond acceptors (Lipinski definition) is 5. The molecule has 1 saturated heterocycles. The van der Waals surface area contributed by atoms with Crippen LogP contribution in [-0.2, 0) is 9.59 Å². The zero-order valence-electron chi connectivity index (χ0n) is 14.5. The van der Waals surface area contributed by atoms with Crippen molar-refractivity contribution in [2.45, 2.75) is 17.9 Å². The summed E-state index contributed by atoms with van der Waals surface area (Å²) >= 11 is 1.62. The van der Waals surface area contributed by atoms with E-state index < -0.39 is 0 Å². The summed E-state index contributed by atoms with van der Waals surface area (Å²) in [7, 11) is 1.65. The summed E-state index contributed by atoms with van der Waals surface area (Å²) in [6, 6.07) is 7.64. The minimum absolute atomic E-state index is 0.0104. The van der Waals surface area contributed by atoms with Gasteiger partial charge < -0.3 is 10.6 Å². The van der Waals surface area contributed by atoms with Crippen LogP contribution in [-0.4, -0.2) is 73.7 Å². The number of benzene rings is 1. The fourth-order valence-corrected chi connectivity index (χ4v) is 3.30. The predicted octanol–water partition coefficient (Wildman–Crippen LogP) is 1.10. The lowest BCUT2D eigenvalue weighted by Gasteiger charge is -2.37. The lowest BCUT2D eigenvalue weighted by molar-refractivity contribution is -0.124. The number of para-hydroxylation sites is 1. The molecule has 24 heavy (non-hydrogen) atoms. The Morgan fingerprint density at radius 2 is 1.88 bits per heavy atom. The molecule has 1 aliphatic heterocycles. The Bertz CT molecular complexity index is 573. The first-order valence-corrected chi connectivity index (χ1v) is 9.38. The third kappa shape index (κ3) is 4.96. The molecule has 1 atom stereocenters. The Morgan fingerprint density at radius 1 is 1.21 bits per heavy atom. The number of rotatable bonds is 6. The number of piperazine rings is 1. The predicted molar refractivity (Wildman–Crippen MR) is 98.4 cm³/mol. The summed E-state index contributed by atoms with van der Waals surface area (Å²) in [4.78, 5) is 29.3. The molecule has 1 heterocycles. The van der Waals surface area contributed by atoms with Gasteiger partial charge in [0.1, 0.15) is 0 Å². The van der Waals surface area contributed by atoms with Crippen LogP contribution < -0.4 is 10.6 Å². The van der Waals surface area contributed by atoms with Crippen molar-refractivity contribution >= 4 is 29.3 Å². The number of carbonyl (C=O) groups is 2. The smallest absolute Gasteiger partial charge is 0.241 e. The molecule has 0 aliphatic carbocycles. The van der Waals surface area contributed by atoms with E-state index in [2.05, 4.69) is 20.4 Å². The number of nitrogens with zero attached hydrogens (tertiary/aromatic N) is 2. The summed E-state index contributed by atoms with van der Waals surface area (Å²) < 4.78 is 0. The molecule has 132 valence electrons. The molecule has 0 aromatic heterocycles. The number of nitrogens with one attached hydrogen (secondary N) is 2. The molecule has 2 rings (SSSR count). The summed E-state index contributed by atoms with van der Waals surface area (Å²) in [6.07, 6.45) is 2.00. The molecule has 6 nitrogen and oxygen atoms in total. The first-order valence-electron chi connectivity index (χ1n) is 8.16. The van der Waals surface area contributed by atoms with Gasteiger partial charge in [-0.05, 0) is 25.3 Å². The van der Waals surface area contributed by atoms with E-state index in [1.807, 2.05) is 37.4 Å². The van der Waals surface area contributed by atoms with Crippen LogP contribution in [0.15, 0.2) is 29.2 Å². The van der Waals surface area contributed by atoms with Crippen molar-refractivity contribution in [3.8, 4) is 0 Å². The normalized spacial score (nSPS) is 17.3. The first-order chi connectivity index (χ1) is 11.5. The van der Waals surface area contributed by atoms with E-state index in [1.54, 1.807) is 18.8 Å². The van der Waals surface area contributed by atoms with Crippen LogP contribution in [0.1, 0.15) is 6.92 Å². The molecule has 2 N–H and O–H groups in total. The lowest BCUT2D eigenvalue weighted by Crippen LogP contribution is -2.54. The first kappa shape index (κ1) is 18.8. The van der Waals surface area contributed by atoms with E-state index in [9.17, 15) is 9.59 Å².